The number of carbonyl (C=O) groups is 1. The van der Waals surface area contributed by atoms with Gasteiger partial charge in [-0.05, 0) is 67.3 Å². The normalized spacial score (nSPS) is 54.3. The maximum atomic E-state index is 15.2. The Morgan fingerprint density at radius 1 is 1.27 bits per heavy atom. The van der Waals surface area contributed by atoms with Crippen LogP contribution in [0, 0.1) is 35.0 Å². The van der Waals surface area contributed by atoms with Crippen molar-refractivity contribution in [2.24, 2.45) is 35.0 Å². The molecular formula is C19H27FO2. The summed E-state index contributed by atoms with van der Waals surface area (Å²) in [6.45, 7) is 4.34. The van der Waals surface area contributed by atoms with Gasteiger partial charge < -0.3 is 5.11 Å². The van der Waals surface area contributed by atoms with Crippen molar-refractivity contribution in [2.75, 3.05) is 0 Å². The molecule has 4 aliphatic carbocycles. The highest BCUT2D eigenvalue weighted by atomic mass is 19.1. The molecule has 3 fully saturated rings. The highest BCUT2D eigenvalue weighted by molar-refractivity contribution is 5.91. The van der Waals surface area contributed by atoms with Crippen LogP contribution in [0.1, 0.15) is 52.4 Å². The lowest BCUT2D eigenvalue weighted by Crippen LogP contribution is -2.54. The average Bonchev–Trinajstić information content (AvgIpc) is 2.74. The van der Waals surface area contributed by atoms with Crippen molar-refractivity contribution in [1.29, 1.82) is 0 Å². The molecule has 122 valence electrons. The number of alkyl halides is 1. The fourth-order valence-corrected chi connectivity index (χ4v) is 6.55. The molecule has 8 atom stereocenters. The van der Waals surface area contributed by atoms with E-state index in [0.717, 1.165) is 25.7 Å². The average molecular weight is 306 g/mol. The van der Waals surface area contributed by atoms with Crippen LogP contribution in [0.25, 0.3) is 0 Å². The molecule has 0 aromatic carbocycles. The molecule has 0 amide bonds. The quantitative estimate of drug-likeness (QED) is 0.741. The van der Waals surface area contributed by atoms with Crippen molar-refractivity contribution in [2.45, 2.75) is 64.6 Å². The first kappa shape index (κ1) is 14.9. The molecule has 0 saturated heterocycles. The summed E-state index contributed by atoms with van der Waals surface area (Å²) in [5.74, 6) is 1.83. The molecule has 0 spiro atoms. The van der Waals surface area contributed by atoms with E-state index in [1.807, 2.05) is 6.08 Å². The largest absolute Gasteiger partial charge is 0.393 e. The van der Waals surface area contributed by atoms with Crippen LogP contribution in [0.4, 0.5) is 4.39 Å². The van der Waals surface area contributed by atoms with E-state index in [1.54, 1.807) is 0 Å². The molecule has 0 radical (unpaired) electrons. The van der Waals surface area contributed by atoms with Gasteiger partial charge in [0.15, 0.2) is 5.78 Å². The molecule has 0 bridgehead atoms. The summed E-state index contributed by atoms with van der Waals surface area (Å²) >= 11 is 0. The van der Waals surface area contributed by atoms with Gasteiger partial charge in [0.2, 0.25) is 0 Å². The second-order valence-corrected chi connectivity index (χ2v) is 8.59. The van der Waals surface area contributed by atoms with Gasteiger partial charge in [-0.3, -0.25) is 4.79 Å². The van der Waals surface area contributed by atoms with E-state index in [2.05, 4.69) is 13.8 Å². The first-order valence-corrected chi connectivity index (χ1v) is 8.97. The monoisotopic (exact) mass is 306 g/mol. The summed E-state index contributed by atoms with van der Waals surface area (Å²) in [4.78, 5) is 11.7. The van der Waals surface area contributed by atoms with E-state index in [4.69, 9.17) is 0 Å². The molecule has 22 heavy (non-hydrogen) atoms. The number of carbonyl (C=O) groups excluding carboxylic acids is 1. The number of hydrogen-bond donors (Lipinski definition) is 1. The van der Waals surface area contributed by atoms with Gasteiger partial charge in [-0.15, -0.1) is 0 Å². The Labute approximate surface area is 132 Å². The van der Waals surface area contributed by atoms with Crippen molar-refractivity contribution in [1.82, 2.24) is 0 Å². The first-order chi connectivity index (χ1) is 10.4. The number of halogens is 1. The Morgan fingerprint density at radius 3 is 2.82 bits per heavy atom. The molecule has 0 aliphatic heterocycles. The summed E-state index contributed by atoms with van der Waals surface area (Å²) in [5.41, 5.74) is 0.982. The van der Waals surface area contributed by atoms with Gasteiger partial charge >= 0.3 is 0 Å². The lowest BCUT2D eigenvalue weighted by atomic mass is 9.49. The third kappa shape index (κ3) is 1.90. The smallest absolute Gasteiger partial charge is 0.155 e. The molecule has 0 aromatic heterocycles. The van der Waals surface area contributed by atoms with E-state index in [-0.39, 0.29) is 29.1 Å². The highest BCUT2D eigenvalue weighted by Gasteiger charge is 2.61. The first-order valence-electron chi connectivity index (χ1n) is 8.97. The second-order valence-electron chi connectivity index (χ2n) is 8.59. The van der Waals surface area contributed by atoms with Crippen LogP contribution >= 0.6 is 0 Å². The summed E-state index contributed by atoms with van der Waals surface area (Å²) in [6.07, 6.45) is 5.41. The molecule has 4 aliphatic rings. The van der Waals surface area contributed by atoms with Gasteiger partial charge in [-0.25, -0.2) is 4.39 Å². The lowest BCUT2D eigenvalue weighted by Gasteiger charge is -2.56. The van der Waals surface area contributed by atoms with Crippen LogP contribution in [-0.2, 0) is 4.79 Å². The van der Waals surface area contributed by atoms with Crippen LogP contribution in [0.5, 0.6) is 0 Å². The Morgan fingerprint density at radius 2 is 2.05 bits per heavy atom. The number of aliphatic hydroxyl groups excluding tert-OH is 1. The van der Waals surface area contributed by atoms with Crippen LogP contribution in [0.15, 0.2) is 11.6 Å². The fraction of sp³-hybridized carbons (Fsp3) is 0.842. The summed E-state index contributed by atoms with van der Waals surface area (Å²) in [7, 11) is 0. The van der Waals surface area contributed by atoms with Crippen molar-refractivity contribution in [3.8, 4) is 0 Å². The minimum Gasteiger partial charge on any atom is -0.393 e. The number of rotatable bonds is 0. The van der Waals surface area contributed by atoms with E-state index >= 15 is 4.39 Å². The van der Waals surface area contributed by atoms with Crippen molar-refractivity contribution in [3.05, 3.63) is 11.6 Å². The molecule has 4 rings (SSSR count). The Kier molecular flexibility index (Phi) is 3.31. The van der Waals surface area contributed by atoms with Crippen LogP contribution in [0.3, 0.4) is 0 Å². The van der Waals surface area contributed by atoms with Crippen LogP contribution < -0.4 is 0 Å². The summed E-state index contributed by atoms with van der Waals surface area (Å²) < 4.78 is 15.2. The van der Waals surface area contributed by atoms with Gasteiger partial charge in [0, 0.05) is 12.3 Å². The predicted molar refractivity (Wildman–Crippen MR) is 82.9 cm³/mol. The van der Waals surface area contributed by atoms with E-state index in [0.29, 0.717) is 30.6 Å². The van der Waals surface area contributed by atoms with Gasteiger partial charge in [0.25, 0.3) is 0 Å². The number of aliphatic hydroxyl groups is 1. The zero-order chi connectivity index (χ0) is 15.6. The summed E-state index contributed by atoms with van der Waals surface area (Å²) in [6, 6.07) is 0. The molecule has 1 N–H and O–H groups in total. The SMILES string of the molecule is C[C@@H]1CC2=CC(=O)CC[C@@H]2[C@H]2C(F)C[C@]3(C)[C@@H](O)CC[C@H]3[C@@H]21. The molecule has 3 heteroatoms. The maximum absolute atomic E-state index is 15.2. The van der Waals surface area contributed by atoms with Gasteiger partial charge in [-0.1, -0.05) is 19.4 Å². The standard InChI is InChI=1S/C19H27FO2/c1-10-7-11-8-12(21)3-4-13(11)18-15(20)9-19(2)14(17(10)18)5-6-16(19)22/h8,10,13-18,22H,3-7,9H2,1-2H3/t10-,13+,14+,15?,16+,17+,18+,19+/m1/s1. The topological polar surface area (TPSA) is 37.3 Å². The number of allylic oxidation sites excluding steroid dienone is 1. The Bertz CT molecular complexity index is 528. The number of ketones is 1. The summed E-state index contributed by atoms with van der Waals surface area (Å²) in [5, 5.41) is 10.4. The van der Waals surface area contributed by atoms with E-state index in [9.17, 15) is 9.90 Å². The van der Waals surface area contributed by atoms with Gasteiger partial charge in [0.05, 0.1) is 6.10 Å². The minimum absolute atomic E-state index is 0.0754. The lowest BCUT2D eigenvalue weighted by molar-refractivity contribution is -0.120. The van der Waals surface area contributed by atoms with Crippen molar-refractivity contribution < 1.29 is 14.3 Å². The molecule has 1 unspecified atom stereocenters. The van der Waals surface area contributed by atoms with Crippen molar-refractivity contribution in [3.63, 3.8) is 0 Å². The fourth-order valence-electron chi connectivity index (χ4n) is 6.55. The third-order valence-electron chi connectivity index (χ3n) is 7.52. The zero-order valence-corrected chi connectivity index (χ0v) is 13.6. The molecular weight excluding hydrogens is 279 g/mol. The minimum atomic E-state index is -0.830. The molecule has 2 nitrogen and oxygen atoms in total. The molecule has 0 heterocycles. The Balaban J connectivity index is 1.73. The van der Waals surface area contributed by atoms with Crippen LogP contribution in [-0.4, -0.2) is 23.2 Å². The number of hydrogen-bond acceptors (Lipinski definition) is 2. The van der Waals surface area contributed by atoms with E-state index in [1.165, 1.54) is 5.57 Å². The Hall–Kier alpha value is -0.700. The van der Waals surface area contributed by atoms with Crippen LogP contribution in [0.2, 0.25) is 0 Å². The maximum Gasteiger partial charge on any atom is 0.155 e. The zero-order valence-electron chi connectivity index (χ0n) is 13.6. The molecule has 3 saturated carbocycles. The van der Waals surface area contributed by atoms with Crippen molar-refractivity contribution >= 4 is 5.78 Å². The third-order valence-corrected chi connectivity index (χ3v) is 7.52. The van der Waals surface area contributed by atoms with Gasteiger partial charge in [0.1, 0.15) is 6.17 Å². The number of fused-ring (bicyclic) bond motifs is 5. The highest BCUT2D eigenvalue weighted by Crippen LogP contribution is 2.63. The van der Waals surface area contributed by atoms with Gasteiger partial charge in [-0.2, -0.15) is 0 Å². The van der Waals surface area contributed by atoms with E-state index < -0.39 is 6.17 Å². The molecule has 0 aromatic rings. The predicted octanol–water partition coefficient (Wildman–Crippen LogP) is 3.68. The second kappa shape index (κ2) is 4.90.